The summed E-state index contributed by atoms with van der Waals surface area (Å²) < 4.78 is 0. The van der Waals surface area contributed by atoms with E-state index >= 15 is 0 Å². The van der Waals surface area contributed by atoms with Gasteiger partial charge in [-0.05, 0) is 29.9 Å². The molecule has 0 saturated heterocycles. The second-order valence-corrected chi connectivity index (χ2v) is 6.97. The van der Waals surface area contributed by atoms with Crippen LogP contribution in [-0.2, 0) is 5.75 Å². The highest BCUT2D eigenvalue weighted by atomic mass is 32.2. The number of thioether (sulfide) groups is 2. The van der Waals surface area contributed by atoms with Gasteiger partial charge in [0.1, 0.15) is 0 Å². The molecule has 1 aromatic carbocycles. The van der Waals surface area contributed by atoms with Crippen molar-refractivity contribution in [2.75, 3.05) is 17.3 Å². The van der Waals surface area contributed by atoms with E-state index < -0.39 is 0 Å². The van der Waals surface area contributed by atoms with Crippen molar-refractivity contribution in [3.8, 4) is 0 Å². The lowest BCUT2D eigenvalue weighted by atomic mass is 10.2. The van der Waals surface area contributed by atoms with Gasteiger partial charge < -0.3 is 0 Å². The molecule has 0 heterocycles. The van der Waals surface area contributed by atoms with Crippen LogP contribution in [0.15, 0.2) is 54.6 Å². The Balaban J connectivity index is 2.02. The molecule has 20 heavy (non-hydrogen) atoms. The zero-order chi connectivity index (χ0) is 14.5. The Morgan fingerprint density at radius 2 is 1.90 bits per heavy atom. The molecular weight excluding hydrogens is 280 g/mol. The van der Waals surface area contributed by atoms with Crippen LogP contribution < -0.4 is 0 Å². The van der Waals surface area contributed by atoms with Crippen LogP contribution in [0.4, 0.5) is 0 Å². The Bertz CT molecular complexity index is 382. The number of rotatable bonds is 11. The maximum Gasteiger partial charge on any atom is 0.0184 e. The molecule has 0 saturated carbocycles. The zero-order valence-electron chi connectivity index (χ0n) is 12.5. The normalized spacial score (nSPS) is 11.6. The van der Waals surface area contributed by atoms with Crippen LogP contribution in [0.1, 0.15) is 31.7 Å². The SMILES string of the molecule is C=C/C=C(\CCC)CSCCCSCc1ccccc1. The first kappa shape index (κ1) is 17.5. The molecule has 0 N–H and O–H groups in total. The highest BCUT2D eigenvalue weighted by molar-refractivity contribution is 7.99. The van der Waals surface area contributed by atoms with Gasteiger partial charge in [-0.15, -0.1) is 0 Å². The van der Waals surface area contributed by atoms with Crippen LogP contribution in [0.2, 0.25) is 0 Å². The van der Waals surface area contributed by atoms with Crippen molar-refractivity contribution in [1.82, 2.24) is 0 Å². The molecular formula is C18H26S2. The lowest BCUT2D eigenvalue weighted by Crippen LogP contribution is -1.91. The van der Waals surface area contributed by atoms with Crippen LogP contribution in [0.5, 0.6) is 0 Å². The molecule has 0 aliphatic rings. The Morgan fingerprint density at radius 3 is 2.60 bits per heavy atom. The minimum absolute atomic E-state index is 1.14. The van der Waals surface area contributed by atoms with E-state index in [0.717, 1.165) is 5.75 Å². The smallest absolute Gasteiger partial charge is 0.0184 e. The minimum Gasteiger partial charge on any atom is -0.158 e. The van der Waals surface area contributed by atoms with Gasteiger partial charge in [0.05, 0.1) is 0 Å². The van der Waals surface area contributed by atoms with Gasteiger partial charge in [0, 0.05) is 11.5 Å². The maximum absolute atomic E-state index is 3.79. The summed E-state index contributed by atoms with van der Waals surface area (Å²) in [4.78, 5) is 0. The fourth-order valence-corrected chi connectivity index (χ4v) is 4.02. The third kappa shape index (κ3) is 8.55. The monoisotopic (exact) mass is 306 g/mol. The number of hydrogen-bond acceptors (Lipinski definition) is 2. The van der Waals surface area contributed by atoms with Gasteiger partial charge in [-0.2, -0.15) is 23.5 Å². The van der Waals surface area contributed by atoms with Gasteiger partial charge in [0.15, 0.2) is 0 Å². The van der Waals surface area contributed by atoms with Crippen molar-refractivity contribution >= 4 is 23.5 Å². The largest absolute Gasteiger partial charge is 0.158 e. The topological polar surface area (TPSA) is 0 Å². The van der Waals surface area contributed by atoms with Gasteiger partial charge >= 0.3 is 0 Å². The van der Waals surface area contributed by atoms with Crippen LogP contribution >= 0.6 is 23.5 Å². The Morgan fingerprint density at radius 1 is 1.15 bits per heavy atom. The lowest BCUT2D eigenvalue weighted by Gasteiger charge is -2.06. The van der Waals surface area contributed by atoms with E-state index in [1.54, 1.807) is 0 Å². The second kappa shape index (κ2) is 12.2. The molecule has 0 fully saturated rings. The fourth-order valence-electron chi connectivity index (χ4n) is 1.92. The van der Waals surface area contributed by atoms with E-state index in [4.69, 9.17) is 0 Å². The van der Waals surface area contributed by atoms with E-state index in [2.05, 4.69) is 61.7 Å². The molecule has 1 aromatic rings. The van der Waals surface area contributed by atoms with Crippen molar-refractivity contribution in [1.29, 1.82) is 0 Å². The van der Waals surface area contributed by atoms with Gasteiger partial charge in [-0.25, -0.2) is 0 Å². The molecule has 0 bridgehead atoms. The van der Waals surface area contributed by atoms with Gasteiger partial charge in [0.25, 0.3) is 0 Å². The molecule has 0 nitrogen and oxygen atoms in total. The van der Waals surface area contributed by atoms with Crippen molar-refractivity contribution in [3.63, 3.8) is 0 Å². The van der Waals surface area contributed by atoms with Crippen molar-refractivity contribution in [3.05, 3.63) is 60.2 Å². The van der Waals surface area contributed by atoms with E-state index in [0.29, 0.717) is 0 Å². The Labute approximate surface area is 133 Å². The molecule has 0 amide bonds. The molecule has 0 spiro atoms. The standard InChI is InChI=1S/C18H26S2/c1-3-9-17(10-4-2)15-19-13-8-14-20-16-18-11-6-5-7-12-18/h3,5-7,9,11-12H,1,4,8,10,13-16H2,2H3/b17-9+. The minimum atomic E-state index is 1.14. The van der Waals surface area contributed by atoms with Crippen LogP contribution in [0.3, 0.4) is 0 Å². The average Bonchev–Trinajstić information content (AvgIpc) is 2.47. The van der Waals surface area contributed by atoms with Crippen molar-refractivity contribution in [2.24, 2.45) is 0 Å². The zero-order valence-corrected chi connectivity index (χ0v) is 14.1. The maximum atomic E-state index is 3.79. The first-order chi connectivity index (χ1) is 9.86. The number of benzene rings is 1. The summed E-state index contributed by atoms with van der Waals surface area (Å²) in [6.45, 7) is 6.03. The predicted molar refractivity (Wildman–Crippen MR) is 97.7 cm³/mol. The van der Waals surface area contributed by atoms with Crippen LogP contribution in [0.25, 0.3) is 0 Å². The molecule has 1 rings (SSSR count). The number of allylic oxidation sites excluding steroid dienone is 2. The van der Waals surface area contributed by atoms with E-state index in [1.165, 1.54) is 47.7 Å². The molecule has 2 heteroatoms. The van der Waals surface area contributed by atoms with Gasteiger partial charge in [-0.3, -0.25) is 0 Å². The molecule has 110 valence electrons. The highest BCUT2D eigenvalue weighted by Gasteiger charge is 1.97. The van der Waals surface area contributed by atoms with Gasteiger partial charge in [0.2, 0.25) is 0 Å². The van der Waals surface area contributed by atoms with Crippen LogP contribution in [0, 0.1) is 0 Å². The molecule has 0 unspecified atom stereocenters. The number of hydrogen-bond donors (Lipinski definition) is 0. The van der Waals surface area contributed by atoms with Crippen molar-refractivity contribution in [2.45, 2.75) is 31.9 Å². The summed E-state index contributed by atoms with van der Waals surface area (Å²) in [5.74, 6) is 4.84. The van der Waals surface area contributed by atoms with E-state index in [9.17, 15) is 0 Å². The summed E-state index contributed by atoms with van der Waals surface area (Å²) in [6, 6.07) is 10.7. The van der Waals surface area contributed by atoms with E-state index in [-0.39, 0.29) is 0 Å². The lowest BCUT2D eigenvalue weighted by molar-refractivity contribution is 0.908. The Kier molecular flexibility index (Phi) is 10.6. The second-order valence-electron chi connectivity index (χ2n) is 4.75. The quantitative estimate of drug-likeness (QED) is 0.365. The molecule has 0 atom stereocenters. The average molecular weight is 307 g/mol. The third-order valence-electron chi connectivity index (χ3n) is 2.90. The van der Waals surface area contributed by atoms with Gasteiger partial charge in [-0.1, -0.05) is 68.0 Å². The summed E-state index contributed by atoms with van der Waals surface area (Å²) in [6.07, 6.45) is 7.84. The summed E-state index contributed by atoms with van der Waals surface area (Å²) in [5, 5.41) is 0. The summed E-state index contributed by atoms with van der Waals surface area (Å²) in [7, 11) is 0. The fraction of sp³-hybridized carbons (Fsp3) is 0.444. The summed E-state index contributed by atoms with van der Waals surface area (Å²) >= 11 is 4.10. The third-order valence-corrected chi connectivity index (χ3v) is 5.17. The summed E-state index contributed by atoms with van der Waals surface area (Å²) in [5.41, 5.74) is 2.97. The Hall–Kier alpha value is -0.600. The molecule has 0 aromatic heterocycles. The van der Waals surface area contributed by atoms with Crippen molar-refractivity contribution < 1.29 is 0 Å². The first-order valence-corrected chi connectivity index (χ1v) is 9.67. The predicted octanol–water partition coefficient (Wildman–Crippen LogP) is 5.96. The first-order valence-electron chi connectivity index (χ1n) is 7.36. The molecule has 0 radical (unpaired) electrons. The van der Waals surface area contributed by atoms with Crippen LogP contribution in [-0.4, -0.2) is 17.3 Å². The van der Waals surface area contributed by atoms with E-state index in [1.807, 2.05) is 17.8 Å². The molecule has 0 aliphatic carbocycles. The molecule has 0 aliphatic heterocycles. The highest BCUT2D eigenvalue weighted by Crippen LogP contribution is 2.17.